The van der Waals surface area contributed by atoms with Gasteiger partial charge in [-0.05, 0) is 7.05 Å². The fourth-order valence-electron chi connectivity index (χ4n) is 1.64. The van der Waals surface area contributed by atoms with Crippen molar-refractivity contribution in [2.75, 3.05) is 7.05 Å². The summed E-state index contributed by atoms with van der Waals surface area (Å²) >= 11 is 0. The van der Waals surface area contributed by atoms with Crippen LogP contribution >= 0.6 is 0 Å². The van der Waals surface area contributed by atoms with Crippen LogP contribution in [0, 0.1) is 0 Å². The second-order valence-electron chi connectivity index (χ2n) is 4.31. The van der Waals surface area contributed by atoms with E-state index in [2.05, 4.69) is 14.7 Å². The van der Waals surface area contributed by atoms with E-state index in [0.29, 0.717) is 0 Å². The van der Waals surface area contributed by atoms with E-state index in [1.807, 2.05) is 5.32 Å². The Morgan fingerprint density at radius 2 is 1.73 bits per heavy atom. The number of aliphatic hydroxyl groups excluding tert-OH is 1. The van der Waals surface area contributed by atoms with Crippen LogP contribution in [0.15, 0.2) is 28.8 Å². The zero-order chi connectivity index (χ0) is 16.5. The van der Waals surface area contributed by atoms with Gasteiger partial charge < -0.3 is 9.63 Å². The van der Waals surface area contributed by atoms with Crippen molar-refractivity contribution in [3.8, 4) is 11.4 Å². The normalized spacial score (nSPS) is 14.1. The molecule has 0 bridgehead atoms. The Morgan fingerprint density at radius 1 is 1.14 bits per heavy atom. The second kappa shape index (κ2) is 5.61. The third-order valence-electron chi connectivity index (χ3n) is 2.81. The molecule has 22 heavy (non-hydrogen) atoms. The average Bonchev–Trinajstić information content (AvgIpc) is 2.96. The fraction of sp³-hybridized carbons (Fsp3) is 0.333. The van der Waals surface area contributed by atoms with E-state index in [-0.39, 0.29) is 11.4 Å². The molecule has 2 rings (SSSR count). The molecule has 120 valence electrons. The Morgan fingerprint density at radius 3 is 2.18 bits per heavy atom. The predicted molar refractivity (Wildman–Crippen MR) is 63.7 cm³/mol. The van der Waals surface area contributed by atoms with E-state index in [1.165, 1.54) is 0 Å². The van der Waals surface area contributed by atoms with Gasteiger partial charge in [0.2, 0.25) is 5.82 Å². The first-order chi connectivity index (χ1) is 10.2. The van der Waals surface area contributed by atoms with Crippen molar-refractivity contribution in [3.05, 3.63) is 35.7 Å². The van der Waals surface area contributed by atoms with Crippen molar-refractivity contribution in [1.29, 1.82) is 0 Å². The van der Waals surface area contributed by atoms with Crippen LogP contribution in [-0.4, -0.2) is 28.5 Å². The van der Waals surface area contributed by atoms with E-state index in [9.17, 15) is 27.1 Å². The van der Waals surface area contributed by atoms with Crippen molar-refractivity contribution in [1.82, 2.24) is 15.5 Å². The molecular weight excluding hydrogens is 313 g/mol. The molecule has 0 radical (unpaired) electrons. The zero-order valence-corrected chi connectivity index (χ0v) is 11.0. The summed E-state index contributed by atoms with van der Waals surface area (Å²) in [5, 5.41) is 14.3. The molecule has 0 fully saturated rings. The van der Waals surface area contributed by atoms with Gasteiger partial charge in [0.1, 0.15) is 0 Å². The molecule has 0 spiro atoms. The summed E-state index contributed by atoms with van der Waals surface area (Å²) in [7, 11) is 1.16. The minimum absolute atomic E-state index is 0.0674. The molecule has 1 heterocycles. The van der Waals surface area contributed by atoms with Crippen LogP contribution in [0.25, 0.3) is 11.4 Å². The lowest BCUT2D eigenvalue weighted by molar-refractivity contribution is -0.159. The number of hydrogen-bond donors (Lipinski definition) is 2. The number of nitrogens with one attached hydrogen (secondary N) is 1. The molecule has 0 saturated heterocycles. The average molecular weight is 323 g/mol. The van der Waals surface area contributed by atoms with E-state index < -0.39 is 29.8 Å². The largest absolute Gasteiger partial charge is 0.471 e. The summed E-state index contributed by atoms with van der Waals surface area (Å²) < 4.78 is 68.5. The van der Waals surface area contributed by atoms with E-state index in [4.69, 9.17) is 0 Å². The van der Waals surface area contributed by atoms with Gasteiger partial charge in [-0.1, -0.05) is 29.4 Å². The van der Waals surface area contributed by atoms with Crippen LogP contribution in [0.3, 0.4) is 0 Å². The van der Waals surface area contributed by atoms with Gasteiger partial charge in [-0.2, -0.15) is 26.9 Å². The van der Waals surface area contributed by atoms with Crippen molar-refractivity contribution < 1.29 is 31.6 Å². The number of aromatic nitrogens is 2. The van der Waals surface area contributed by atoms with Crippen molar-refractivity contribution >= 4 is 0 Å². The Hall–Kier alpha value is -2.07. The highest BCUT2D eigenvalue weighted by molar-refractivity contribution is 5.55. The van der Waals surface area contributed by atoms with Gasteiger partial charge in [0.15, 0.2) is 6.23 Å². The quantitative estimate of drug-likeness (QED) is 0.668. The molecule has 0 aliphatic rings. The van der Waals surface area contributed by atoms with Gasteiger partial charge in [-0.25, -0.2) is 0 Å². The van der Waals surface area contributed by atoms with Crippen molar-refractivity contribution in [3.63, 3.8) is 0 Å². The van der Waals surface area contributed by atoms with Crippen LogP contribution in [0.4, 0.5) is 22.0 Å². The summed E-state index contributed by atoms with van der Waals surface area (Å²) in [6, 6.07) is 4.13. The van der Waals surface area contributed by atoms with Crippen molar-refractivity contribution in [2.45, 2.75) is 18.3 Å². The smallest absolute Gasteiger partial charge is 0.372 e. The highest BCUT2D eigenvalue weighted by Gasteiger charge is 2.40. The first kappa shape index (κ1) is 16.3. The van der Waals surface area contributed by atoms with Crippen LogP contribution in [0.2, 0.25) is 0 Å². The Labute approximate surface area is 120 Å². The molecule has 2 N–H and O–H groups in total. The Bertz CT molecular complexity index is 639. The zero-order valence-electron chi connectivity index (χ0n) is 11.0. The number of hydrogen-bond acceptors (Lipinski definition) is 5. The molecular formula is C12H10F5N3O2. The first-order valence-corrected chi connectivity index (χ1v) is 5.91. The topological polar surface area (TPSA) is 71.2 Å². The minimum atomic E-state index is -4.78. The monoisotopic (exact) mass is 323 g/mol. The van der Waals surface area contributed by atoms with E-state index in [1.54, 1.807) is 0 Å². The number of aliphatic hydroxyl groups is 1. The van der Waals surface area contributed by atoms with Gasteiger partial charge >= 0.3 is 18.0 Å². The molecule has 1 atom stereocenters. The van der Waals surface area contributed by atoms with Gasteiger partial charge in [0.05, 0.1) is 0 Å². The molecule has 1 aromatic carbocycles. The maximum atomic E-state index is 13.7. The third kappa shape index (κ3) is 3.07. The number of likely N-dealkylation sites (N-methyl/N-ethyl adjacent to an activating group) is 1. The fourth-order valence-corrected chi connectivity index (χ4v) is 1.64. The molecule has 0 aliphatic heterocycles. The SMILES string of the molecule is CNC(O)C(F)(F)c1ccc(-c2noc(C(F)(F)F)n2)cc1. The van der Waals surface area contributed by atoms with E-state index >= 15 is 0 Å². The summed E-state index contributed by atoms with van der Waals surface area (Å²) in [4.78, 5) is 3.14. The molecule has 0 saturated carbocycles. The lowest BCUT2D eigenvalue weighted by Crippen LogP contribution is -2.40. The van der Waals surface area contributed by atoms with Gasteiger partial charge in [0.25, 0.3) is 0 Å². The molecule has 10 heteroatoms. The first-order valence-electron chi connectivity index (χ1n) is 5.91. The number of alkyl halides is 5. The summed E-state index contributed by atoms with van der Waals surface area (Å²) in [6.45, 7) is 0. The van der Waals surface area contributed by atoms with Gasteiger partial charge in [0, 0.05) is 11.1 Å². The Kier molecular flexibility index (Phi) is 4.16. The number of nitrogens with zero attached hydrogens (tertiary/aromatic N) is 2. The molecule has 1 unspecified atom stereocenters. The van der Waals surface area contributed by atoms with Gasteiger partial charge in [-0.15, -0.1) is 0 Å². The summed E-state index contributed by atoms with van der Waals surface area (Å²) in [5.74, 6) is -5.47. The van der Waals surface area contributed by atoms with Gasteiger partial charge in [-0.3, -0.25) is 5.32 Å². The number of halogens is 5. The minimum Gasteiger partial charge on any atom is -0.372 e. The standard InChI is InChI=1S/C12H10F5N3O2/c1-18-9(21)11(13,14)7-4-2-6(3-5-7)8-19-10(22-20-8)12(15,16)17/h2-5,9,18,21H,1H3. The number of rotatable bonds is 4. The molecule has 0 aliphatic carbocycles. The molecule has 5 nitrogen and oxygen atoms in total. The maximum Gasteiger partial charge on any atom is 0.471 e. The lowest BCUT2D eigenvalue weighted by Gasteiger charge is -2.22. The molecule has 1 aromatic heterocycles. The van der Waals surface area contributed by atoms with Crippen molar-refractivity contribution in [2.24, 2.45) is 0 Å². The summed E-state index contributed by atoms with van der Waals surface area (Å²) in [5.41, 5.74) is -0.449. The highest BCUT2D eigenvalue weighted by atomic mass is 19.4. The van der Waals surface area contributed by atoms with Crippen LogP contribution in [-0.2, 0) is 12.1 Å². The van der Waals surface area contributed by atoms with E-state index in [0.717, 1.165) is 31.3 Å². The van der Waals surface area contributed by atoms with Crippen LogP contribution in [0.1, 0.15) is 11.5 Å². The molecule has 0 amide bonds. The summed E-state index contributed by atoms with van der Waals surface area (Å²) in [6.07, 6.45) is -6.88. The van der Waals surface area contributed by atoms with Crippen LogP contribution < -0.4 is 5.32 Å². The molecule has 2 aromatic rings. The third-order valence-corrected chi connectivity index (χ3v) is 2.81. The maximum absolute atomic E-state index is 13.7. The number of benzene rings is 1. The highest BCUT2D eigenvalue weighted by Crippen LogP contribution is 2.33. The predicted octanol–water partition coefficient (Wildman–Crippen LogP) is 2.38. The lowest BCUT2D eigenvalue weighted by atomic mass is 10.0. The Balaban J connectivity index is 2.28. The second-order valence-corrected chi connectivity index (χ2v) is 4.31. The van der Waals surface area contributed by atoms with Crippen LogP contribution in [0.5, 0.6) is 0 Å².